The zero-order valence-electron chi connectivity index (χ0n) is 11.4. The molecule has 110 valence electrons. The number of aliphatic hydroxyl groups is 1. The van der Waals surface area contributed by atoms with Crippen molar-refractivity contribution in [3.05, 3.63) is 33.7 Å². The van der Waals surface area contributed by atoms with Gasteiger partial charge in [0.1, 0.15) is 0 Å². The van der Waals surface area contributed by atoms with Crippen molar-refractivity contribution in [1.29, 1.82) is 0 Å². The van der Waals surface area contributed by atoms with Crippen LogP contribution in [0.3, 0.4) is 0 Å². The molecule has 1 rings (SSSR count). The molecule has 0 bridgehead atoms. The molecule has 6 nitrogen and oxygen atoms in total. The topological polar surface area (TPSA) is 89.9 Å². The number of allylic oxidation sites excluding steroid dienone is 2. The fourth-order valence-corrected chi connectivity index (χ4v) is 2.54. The maximum absolute atomic E-state index is 12.2. The Balaban J connectivity index is 2.78. The highest BCUT2D eigenvalue weighted by molar-refractivity contribution is 7.14. The number of amides is 2. The molecule has 0 aliphatic carbocycles. The predicted octanol–water partition coefficient (Wildman–Crippen LogP) is 1.15. The van der Waals surface area contributed by atoms with Crippen LogP contribution in [0.1, 0.15) is 28.4 Å². The monoisotopic (exact) mass is 298 g/mol. The average Bonchev–Trinajstić information content (AvgIpc) is 2.91. The molecule has 0 aliphatic heterocycles. The molecule has 2 amide bonds. The largest absolute Gasteiger partial charge is 0.395 e. The summed E-state index contributed by atoms with van der Waals surface area (Å²) in [5.41, 5.74) is 2.32. The SMILES string of the molecule is CC=C(C)N(CCO)C(=O)Cc1ccc(C(=O)NO)s1. The molecule has 0 atom stereocenters. The minimum absolute atomic E-state index is 0.112. The molecule has 0 radical (unpaired) electrons. The van der Waals surface area contributed by atoms with Crippen LogP contribution in [0.25, 0.3) is 0 Å². The molecule has 0 saturated heterocycles. The van der Waals surface area contributed by atoms with Gasteiger partial charge in [-0.05, 0) is 26.0 Å². The molecule has 0 fully saturated rings. The number of aliphatic hydroxyl groups excluding tert-OH is 1. The van der Waals surface area contributed by atoms with Gasteiger partial charge >= 0.3 is 0 Å². The second kappa shape index (κ2) is 7.78. The van der Waals surface area contributed by atoms with Crippen LogP contribution in [-0.4, -0.2) is 40.2 Å². The van der Waals surface area contributed by atoms with E-state index in [1.807, 2.05) is 6.92 Å². The van der Waals surface area contributed by atoms with Crippen molar-refractivity contribution in [3.8, 4) is 0 Å². The highest BCUT2D eigenvalue weighted by atomic mass is 32.1. The molecular weight excluding hydrogens is 280 g/mol. The van der Waals surface area contributed by atoms with Gasteiger partial charge in [-0.15, -0.1) is 11.3 Å². The lowest BCUT2D eigenvalue weighted by Gasteiger charge is -2.22. The Kier molecular flexibility index (Phi) is 6.37. The number of hydroxylamine groups is 1. The molecule has 0 spiro atoms. The second-order valence-electron chi connectivity index (χ2n) is 4.08. The van der Waals surface area contributed by atoms with E-state index in [1.165, 1.54) is 4.90 Å². The highest BCUT2D eigenvalue weighted by Crippen LogP contribution is 2.18. The third-order valence-corrected chi connectivity index (χ3v) is 3.86. The summed E-state index contributed by atoms with van der Waals surface area (Å²) in [7, 11) is 0. The highest BCUT2D eigenvalue weighted by Gasteiger charge is 2.17. The molecule has 7 heteroatoms. The smallest absolute Gasteiger partial charge is 0.284 e. The number of rotatable bonds is 6. The third-order valence-electron chi connectivity index (χ3n) is 2.78. The first-order valence-electron chi connectivity index (χ1n) is 6.10. The van der Waals surface area contributed by atoms with E-state index >= 15 is 0 Å². The van der Waals surface area contributed by atoms with Gasteiger partial charge in [0, 0.05) is 17.1 Å². The Hall–Kier alpha value is -1.70. The molecule has 0 unspecified atom stereocenters. The van der Waals surface area contributed by atoms with Crippen LogP contribution in [0.4, 0.5) is 0 Å². The molecule has 3 N–H and O–H groups in total. The van der Waals surface area contributed by atoms with Crippen LogP contribution in [0.2, 0.25) is 0 Å². The minimum Gasteiger partial charge on any atom is -0.395 e. The predicted molar refractivity (Wildman–Crippen MR) is 75.5 cm³/mol. The summed E-state index contributed by atoms with van der Waals surface area (Å²) in [5.74, 6) is -0.738. The summed E-state index contributed by atoms with van der Waals surface area (Å²) in [6.07, 6.45) is 1.95. The number of carbonyl (C=O) groups excluding carboxylic acids is 2. The van der Waals surface area contributed by atoms with Gasteiger partial charge in [0.25, 0.3) is 5.91 Å². The molecule has 0 saturated carbocycles. The van der Waals surface area contributed by atoms with Gasteiger partial charge in [-0.2, -0.15) is 0 Å². The van der Waals surface area contributed by atoms with E-state index in [0.717, 1.165) is 21.9 Å². The fourth-order valence-electron chi connectivity index (χ4n) is 1.65. The van der Waals surface area contributed by atoms with Gasteiger partial charge in [0.05, 0.1) is 17.9 Å². The van der Waals surface area contributed by atoms with Crippen LogP contribution in [-0.2, 0) is 11.2 Å². The second-order valence-corrected chi connectivity index (χ2v) is 5.25. The fraction of sp³-hybridized carbons (Fsp3) is 0.385. The Morgan fingerprint density at radius 2 is 2.15 bits per heavy atom. The first-order chi connectivity index (χ1) is 9.53. The standard InChI is InChI=1S/C13H18N2O4S/c1-3-9(2)15(6-7-16)12(17)8-10-4-5-11(20-10)13(18)14-19/h3-5,16,19H,6-8H2,1-2H3,(H,14,18). The van der Waals surface area contributed by atoms with Crippen molar-refractivity contribution in [3.63, 3.8) is 0 Å². The number of nitrogens with zero attached hydrogens (tertiary/aromatic N) is 1. The van der Waals surface area contributed by atoms with Crippen molar-refractivity contribution >= 4 is 23.2 Å². The van der Waals surface area contributed by atoms with Crippen molar-refractivity contribution in [2.24, 2.45) is 0 Å². The van der Waals surface area contributed by atoms with Crippen molar-refractivity contribution in [2.75, 3.05) is 13.2 Å². The summed E-state index contributed by atoms with van der Waals surface area (Å²) in [5, 5.41) is 17.5. The van der Waals surface area contributed by atoms with E-state index < -0.39 is 5.91 Å². The molecule has 1 heterocycles. The lowest BCUT2D eigenvalue weighted by atomic mass is 10.2. The summed E-state index contributed by atoms with van der Waals surface area (Å²) in [6, 6.07) is 3.23. The van der Waals surface area contributed by atoms with E-state index in [4.69, 9.17) is 10.3 Å². The van der Waals surface area contributed by atoms with Crippen molar-refractivity contribution in [2.45, 2.75) is 20.3 Å². The van der Waals surface area contributed by atoms with Gasteiger partial charge in [-0.25, -0.2) is 5.48 Å². The van der Waals surface area contributed by atoms with Crippen molar-refractivity contribution < 1.29 is 19.9 Å². The van der Waals surface area contributed by atoms with E-state index in [0.29, 0.717) is 4.88 Å². The van der Waals surface area contributed by atoms with Crippen LogP contribution >= 0.6 is 11.3 Å². The van der Waals surface area contributed by atoms with Gasteiger partial charge in [0.2, 0.25) is 5.91 Å². The van der Waals surface area contributed by atoms with Crippen molar-refractivity contribution in [1.82, 2.24) is 10.4 Å². The van der Waals surface area contributed by atoms with E-state index in [1.54, 1.807) is 30.6 Å². The van der Waals surface area contributed by atoms with Gasteiger partial charge < -0.3 is 10.0 Å². The number of hydrogen-bond acceptors (Lipinski definition) is 5. The Labute approximate surface area is 121 Å². The van der Waals surface area contributed by atoms with E-state index in [9.17, 15) is 9.59 Å². The molecule has 0 aromatic carbocycles. The number of carbonyl (C=O) groups is 2. The number of nitrogens with one attached hydrogen (secondary N) is 1. The molecule has 0 aliphatic rings. The molecular formula is C13H18N2O4S. The summed E-state index contributed by atoms with van der Waals surface area (Å²) in [6.45, 7) is 3.75. The van der Waals surface area contributed by atoms with Gasteiger partial charge in [-0.1, -0.05) is 6.08 Å². The zero-order valence-corrected chi connectivity index (χ0v) is 12.2. The molecule has 20 heavy (non-hydrogen) atoms. The van der Waals surface area contributed by atoms with Crippen LogP contribution < -0.4 is 5.48 Å². The molecule has 1 aromatic rings. The maximum atomic E-state index is 12.2. The number of thiophene rings is 1. The lowest BCUT2D eigenvalue weighted by Crippen LogP contribution is -2.33. The van der Waals surface area contributed by atoms with Crippen LogP contribution in [0.15, 0.2) is 23.9 Å². The lowest BCUT2D eigenvalue weighted by molar-refractivity contribution is -0.128. The number of hydrogen-bond donors (Lipinski definition) is 3. The van der Waals surface area contributed by atoms with Gasteiger partial charge in [-0.3, -0.25) is 14.8 Å². The molecule has 1 aromatic heterocycles. The Morgan fingerprint density at radius 1 is 1.45 bits per heavy atom. The maximum Gasteiger partial charge on any atom is 0.284 e. The third kappa shape index (κ3) is 4.16. The Morgan fingerprint density at radius 3 is 2.70 bits per heavy atom. The Bertz CT molecular complexity index is 510. The first kappa shape index (κ1) is 16.4. The van der Waals surface area contributed by atoms with Crippen LogP contribution in [0, 0.1) is 0 Å². The summed E-state index contributed by atoms with van der Waals surface area (Å²) in [4.78, 5) is 26.0. The van der Waals surface area contributed by atoms with Crippen LogP contribution in [0.5, 0.6) is 0 Å². The summed E-state index contributed by atoms with van der Waals surface area (Å²) < 4.78 is 0. The zero-order chi connectivity index (χ0) is 15.1. The average molecular weight is 298 g/mol. The van der Waals surface area contributed by atoms with E-state index in [-0.39, 0.29) is 25.5 Å². The minimum atomic E-state index is -0.592. The first-order valence-corrected chi connectivity index (χ1v) is 6.92. The summed E-state index contributed by atoms with van der Waals surface area (Å²) >= 11 is 1.15. The van der Waals surface area contributed by atoms with E-state index in [2.05, 4.69) is 0 Å². The van der Waals surface area contributed by atoms with Gasteiger partial charge in [0.15, 0.2) is 0 Å². The normalized spacial score (nSPS) is 11.3. The quantitative estimate of drug-likeness (QED) is 0.543.